The van der Waals surface area contributed by atoms with Crippen molar-refractivity contribution >= 4 is 21.8 Å². The monoisotopic (exact) mass is 345 g/mol. The minimum atomic E-state index is -0.0852. The summed E-state index contributed by atoms with van der Waals surface area (Å²) in [7, 11) is 0. The number of nitrogens with zero attached hydrogens (tertiary/aromatic N) is 2. The maximum absolute atomic E-state index is 12.3. The Hall–Kier alpha value is -0.890. The molecule has 0 radical (unpaired) electrons. The molecule has 7 heteroatoms. The molecule has 2 N–H and O–H groups in total. The molecule has 0 saturated carbocycles. The molecular formula is C13H20BrN3O3. The summed E-state index contributed by atoms with van der Waals surface area (Å²) in [6.07, 6.45) is 1.73. The third kappa shape index (κ3) is 4.31. The average Bonchev–Trinajstić information content (AvgIpc) is 2.90. The number of carbonyl (C=O) groups is 1. The van der Waals surface area contributed by atoms with Crippen LogP contribution in [0.1, 0.15) is 10.5 Å². The maximum atomic E-state index is 12.3. The molecule has 1 aromatic heterocycles. The molecule has 2 rings (SSSR count). The fourth-order valence-corrected chi connectivity index (χ4v) is 2.53. The van der Waals surface area contributed by atoms with Gasteiger partial charge < -0.3 is 19.7 Å². The summed E-state index contributed by atoms with van der Waals surface area (Å²) in [4.78, 5) is 19.2. The Morgan fingerprint density at radius 3 is 2.80 bits per heavy atom. The molecule has 0 bridgehead atoms. The van der Waals surface area contributed by atoms with Gasteiger partial charge in [-0.2, -0.15) is 0 Å². The molecule has 0 unspecified atom stereocenters. The Morgan fingerprint density at radius 2 is 2.20 bits per heavy atom. The molecule has 1 aliphatic heterocycles. The largest absolute Gasteiger partial charge is 0.395 e. The number of amides is 1. The van der Waals surface area contributed by atoms with Crippen molar-refractivity contribution in [2.24, 2.45) is 0 Å². The summed E-state index contributed by atoms with van der Waals surface area (Å²) in [5, 5.41) is 9.13. The molecule has 1 saturated heterocycles. The molecule has 0 spiro atoms. The van der Waals surface area contributed by atoms with Gasteiger partial charge in [-0.15, -0.1) is 0 Å². The number of halogens is 1. The van der Waals surface area contributed by atoms with Crippen LogP contribution in [0.3, 0.4) is 0 Å². The van der Waals surface area contributed by atoms with Crippen molar-refractivity contribution in [1.82, 2.24) is 14.8 Å². The van der Waals surface area contributed by atoms with Gasteiger partial charge in [0.05, 0.1) is 19.8 Å². The second kappa shape index (κ2) is 7.78. The highest BCUT2D eigenvalue weighted by molar-refractivity contribution is 9.10. The molecule has 20 heavy (non-hydrogen) atoms. The van der Waals surface area contributed by atoms with E-state index < -0.39 is 0 Å². The van der Waals surface area contributed by atoms with Gasteiger partial charge in [0.15, 0.2) is 0 Å². The van der Waals surface area contributed by atoms with Crippen molar-refractivity contribution in [2.75, 3.05) is 52.5 Å². The number of aromatic nitrogens is 1. The first-order valence-electron chi connectivity index (χ1n) is 6.75. The van der Waals surface area contributed by atoms with E-state index in [1.165, 1.54) is 0 Å². The molecule has 0 atom stereocenters. The first kappa shape index (κ1) is 15.5. The number of aliphatic hydroxyl groups is 1. The first-order valence-corrected chi connectivity index (χ1v) is 7.54. The van der Waals surface area contributed by atoms with E-state index in [1.807, 2.05) is 0 Å². The second-order valence-corrected chi connectivity index (χ2v) is 5.62. The molecular weight excluding hydrogens is 326 g/mol. The van der Waals surface area contributed by atoms with Gasteiger partial charge in [0.2, 0.25) is 0 Å². The van der Waals surface area contributed by atoms with Crippen molar-refractivity contribution in [3.05, 3.63) is 22.4 Å². The van der Waals surface area contributed by atoms with Crippen molar-refractivity contribution in [3.63, 3.8) is 0 Å². The molecule has 0 aromatic carbocycles. The zero-order valence-corrected chi connectivity index (χ0v) is 12.9. The maximum Gasteiger partial charge on any atom is 0.270 e. The molecule has 1 fully saturated rings. The van der Waals surface area contributed by atoms with Gasteiger partial charge in [0.25, 0.3) is 5.91 Å². The highest BCUT2D eigenvalue weighted by Crippen LogP contribution is 2.12. The van der Waals surface area contributed by atoms with Crippen molar-refractivity contribution in [3.8, 4) is 0 Å². The predicted molar refractivity (Wildman–Crippen MR) is 78.7 cm³/mol. The third-order valence-electron chi connectivity index (χ3n) is 3.33. The van der Waals surface area contributed by atoms with Crippen LogP contribution in [0.2, 0.25) is 0 Å². The summed E-state index contributed by atoms with van der Waals surface area (Å²) in [5.41, 5.74) is 0.535. The summed E-state index contributed by atoms with van der Waals surface area (Å²) in [5.74, 6) is -0.0852. The Balaban J connectivity index is 1.90. The van der Waals surface area contributed by atoms with E-state index in [9.17, 15) is 4.79 Å². The van der Waals surface area contributed by atoms with E-state index in [-0.39, 0.29) is 12.5 Å². The molecule has 1 aliphatic rings. The van der Waals surface area contributed by atoms with Crippen LogP contribution in [-0.2, 0) is 4.74 Å². The van der Waals surface area contributed by atoms with Crippen molar-refractivity contribution in [2.45, 2.75) is 0 Å². The normalized spacial score (nSPS) is 16.3. The Kier molecular flexibility index (Phi) is 6.03. The topological polar surface area (TPSA) is 68.8 Å². The number of ether oxygens (including phenoxy) is 1. The lowest BCUT2D eigenvalue weighted by atomic mass is 10.3. The lowest BCUT2D eigenvalue weighted by molar-refractivity contribution is 0.0314. The number of rotatable bonds is 6. The van der Waals surface area contributed by atoms with Crippen LogP contribution in [-0.4, -0.2) is 78.3 Å². The average molecular weight is 346 g/mol. The van der Waals surface area contributed by atoms with Crippen LogP contribution in [0, 0.1) is 0 Å². The number of morpholine rings is 1. The van der Waals surface area contributed by atoms with E-state index in [0.717, 1.165) is 37.3 Å². The fraction of sp³-hybridized carbons (Fsp3) is 0.615. The third-order valence-corrected chi connectivity index (χ3v) is 3.78. The quantitative estimate of drug-likeness (QED) is 0.789. The molecule has 2 heterocycles. The Bertz CT molecular complexity index is 432. The van der Waals surface area contributed by atoms with Crippen LogP contribution < -0.4 is 0 Å². The predicted octanol–water partition coefficient (Wildman–Crippen LogP) is 0.544. The van der Waals surface area contributed by atoms with Gasteiger partial charge in [-0.25, -0.2) is 0 Å². The zero-order chi connectivity index (χ0) is 14.4. The summed E-state index contributed by atoms with van der Waals surface area (Å²) >= 11 is 3.32. The summed E-state index contributed by atoms with van der Waals surface area (Å²) in [6.45, 7) is 5.02. The lowest BCUT2D eigenvalue weighted by Crippen LogP contribution is -2.44. The SMILES string of the molecule is O=C(c1cc(Br)c[nH]1)N(CCO)CCN1CCOCC1. The Labute approximate surface area is 126 Å². The summed E-state index contributed by atoms with van der Waals surface area (Å²) < 4.78 is 6.15. The van der Waals surface area contributed by atoms with Crippen LogP contribution in [0.25, 0.3) is 0 Å². The number of aliphatic hydroxyl groups excluding tert-OH is 1. The van der Waals surface area contributed by atoms with E-state index in [1.54, 1.807) is 17.2 Å². The van der Waals surface area contributed by atoms with E-state index in [2.05, 4.69) is 25.8 Å². The minimum absolute atomic E-state index is 0.0310. The molecule has 0 aliphatic carbocycles. The first-order chi connectivity index (χ1) is 9.70. The second-order valence-electron chi connectivity index (χ2n) is 4.70. The number of carbonyl (C=O) groups excluding carboxylic acids is 1. The number of hydrogen-bond acceptors (Lipinski definition) is 4. The van der Waals surface area contributed by atoms with Gasteiger partial charge in [-0.3, -0.25) is 9.69 Å². The lowest BCUT2D eigenvalue weighted by Gasteiger charge is -2.29. The van der Waals surface area contributed by atoms with Crippen molar-refractivity contribution in [1.29, 1.82) is 0 Å². The van der Waals surface area contributed by atoms with Crippen LogP contribution >= 0.6 is 15.9 Å². The molecule has 1 amide bonds. The molecule has 1 aromatic rings. The van der Waals surface area contributed by atoms with Gasteiger partial charge in [0, 0.05) is 43.4 Å². The van der Waals surface area contributed by atoms with E-state index in [4.69, 9.17) is 9.84 Å². The van der Waals surface area contributed by atoms with Gasteiger partial charge in [-0.1, -0.05) is 0 Å². The standard InChI is InChI=1S/C13H20BrN3O3/c14-11-9-12(15-10-11)13(19)17(3-6-18)2-1-16-4-7-20-8-5-16/h9-10,15,18H,1-8H2. The van der Waals surface area contributed by atoms with Crippen LogP contribution in [0.4, 0.5) is 0 Å². The van der Waals surface area contributed by atoms with Gasteiger partial charge in [-0.05, 0) is 22.0 Å². The number of H-pyrrole nitrogens is 1. The molecule has 112 valence electrons. The summed E-state index contributed by atoms with van der Waals surface area (Å²) in [6, 6.07) is 1.75. The smallest absolute Gasteiger partial charge is 0.270 e. The number of aromatic amines is 1. The van der Waals surface area contributed by atoms with Crippen LogP contribution in [0.15, 0.2) is 16.7 Å². The van der Waals surface area contributed by atoms with Gasteiger partial charge in [0.1, 0.15) is 5.69 Å². The minimum Gasteiger partial charge on any atom is -0.395 e. The highest BCUT2D eigenvalue weighted by Gasteiger charge is 2.18. The molecule has 6 nitrogen and oxygen atoms in total. The number of nitrogens with one attached hydrogen (secondary N) is 1. The highest BCUT2D eigenvalue weighted by atomic mass is 79.9. The zero-order valence-electron chi connectivity index (χ0n) is 11.3. The van der Waals surface area contributed by atoms with Gasteiger partial charge >= 0.3 is 0 Å². The van der Waals surface area contributed by atoms with Crippen LogP contribution in [0.5, 0.6) is 0 Å². The van der Waals surface area contributed by atoms with E-state index in [0.29, 0.717) is 18.8 Å². The Morgan fingerprint density at radius 1 is 1.45 bits per heavy atom. The van der Waals surface area contributed by atoms with Crippen molar-refractivity contribution < 1.29 is 14.6 Å². The number of hydrogen-bond donors (Lipinski definition) is 2. The fourth-order valence-electron chi connectivity index (χ4n) is 2.18. The van der Waals surface area contributed by atoms with E-state index >= 15 is 0 Å².